The maximum Gasteiger partial charge on any atom is 0.342 e. The lowest BCUT2D eigenvalue weighted by molar-refractivity contribution is -0.140. The molecule has 1 fully saturated rings. The van der Waals surface area contributed by atoms with Crippen LogP contribution in [0.5, 0.6) is 5.75 Å². The number of halogens is 2. The van der Waals surface area contributed by atoms with E-state index in [1.54, 1.807) is 34.4 Å². The van der Waals surface area contributed by atoms with E-state index in [1.807, 2.05) is 16.8 Å². The fourth-order valence-electron chi connectivity index (χ4n) is 4.84. The summed E-state index contributed by atoms with van der Waals surface area (Å²) in [7, 11) is 2.80. The number of carbonyl (C=O) groups is 2. The summed E-state index contributed by atoms with van der Waals surface area (Å²) < 4.78 is 35.1. The fraction of sp³-hybridized carbons (Fsp3) is 0.385. The summed E-state index contributed by atoms with van der Waals surface area (Å²) in [5, 5.41) is 9.87. The number of nitrogens with one attached hydrogen (secondary N) is 2. The van der Waals surface area contributed by atoms with E-state index in [-0.39, 0.29) is 29.4 Å². The molecule has 1 aliphatic heterocycles. The van der Waals surface area contributed by atoms with Gasteiger partial charge in [0.15, 0.2) is 5.82 Å². The summed E-state index contributed by atoms with van der Waals surface area (Å²) in [5.41, 5.74) is 2.16. The molecule has 2 aliphatic rings. The summed E-state index contributed by atoms with van der Waals surface area (Å²) in [5.74, 6) is -4.25. The minimum Gasteiger partial charge on any atom is -0.495 e. The number of anilines is 4. The molecule has 0 bridgehead atoms. The number of rotatable bonds is 7. The second kappa shape index (κ2) is 10.5. The van der Waals surface area contributed by atoms with E-state index < -0.39 is 18.4 Å². The first-order valence-corrected chi connectivity index (χ1v) is 13.2. The minimum absolute atomic E-state index is 0.136. The van der Waals surface area contributed by atoms with Crippen molar-refractivity contribution in [2.75, 3.05) is 35.8 Å². The van der Waals surface area contributed by atoms with Crippen LogP contribution < -0.4 is 25.2 Å². The van der Waals surface area contributed by atoms with Gasteiger partial charge in [-0.3, -0.25) is 9.59 Å². The Bertz CT molecular complexity index is 1330. The molecule has 0 radical (unpaired) electrons. The van der Waals surface area contributed by atoms with Crippen LogP contribution in [0.15, 0.2) is 41.2 Å². The van der Waals surface area contributed by atoms with Gasteiger partial charge in [0.25, 0.3) is 11.8 Å². The van der Waals surface area contributed by atoms with Gasteiger partial charge < -0.3 is 25.2 Å². The average molecular weight is 543 g/mol. The second-order valence-electron chi connectivity index (χ2n) is 9.39. The lowest BCUT2D eigenvalue weighted by atomic mass is 10.1. The molecule has 1 saturated carbocycles. The molecule has 0 atom stereocenters. The maximum absolute atomic E-state index is 14.8. The van der Waals surface area contributed by atoms with Gasteiger partial charge in [-0.15, -0.1) is 0 Å². The van der Waals surface area contributed by atoms with Crippen molar-refractivity contribution in [2.24, 2.45) is 0 Å². The van der Waals surface area contributed by atoms with Crippen LogP contribution in [0, 0.1) is 0 Å². The van der Waals surface area contributed by atoms with E-state index in [0.29, 0.717) is 23.5 Å². The van der Waals surface area contributed by atoms with Crippen LogP contribution in [0.4, 0.5) is 31.9 Å². The van der Waals surface area contributed by atoms with E-state index in [4.69, 9.17) is 4.74 Å². The van der Waals surface area contributed by atoms with Crippen LogP contribution >= 0.6 is 11.3 Å². The van der Waals surface area contributed by atoms with E-state index in [1.165, 1.54) is 20.4 Å². The summed E-state index contributed by atoms with van der Waals surface area (Å²) in [4.78, 5) is 36.5. The first kappa shape index (κ1) is 25.8. The van der Waals surface area contributed by atoms with Gasteiger partial charge >= 0.3 is 5.92 Å². The summed E-state index contributed by atoms with van der Waals surface area (Å²) in [6, 6.07) is 6.73. The van der Waals surface area contributed by atoms with E-state index in [9.17, 15) is 18.4 Å². The van der Waals surface area contributed by atoms with Crippen molar-refractivity contribution >= 4 is 46.3 Å². The number of hydrogen-bond acceptors (Lipinski definition) is 8. The molecule has 38 heavy (non-hydrogen) atoms. The molecule has 0 unspecified atom stereocenters. The zero-order valence-corrected chi connectivity index (χ0v) is 21.9. The number of fused-ring (bicyclic) bond motifs is 1. The van der Waals surface area contributed by atoms with Crippen LogP contribution in [-0.2, 0) is 11.3 Å². The van der Waals surface area contributed by atoms with Gasteiger partial charge in [-0.25, -0.2) is 4.98 Å². The molecule has 9 nitrogen and oxygen atoms in total. The average Bonchev–Trinajstić information content (AvgIpc) is 3.63. The van der Waals surface area contributed by atoms with Crippen molar-refractivity contribution in [3.8, 4) is 5.75 Å². The Morgan fingerprint density at radius 2 is 2.05 bits per heavy atom. The van der Waals surface area contributed by atoms with Crippen LogP contribution in [0.3, 0.4) is 0 Å². The van der Waals surface area contributed by atoms with Crippen molar-refractivity contribution < 1.29 is 23.1 Å². The molecular weight excluding hydrogens is 514 g/mol. The van der Waals surface area contributed by atoms with Crippen molar-refractivity contribution in [1.82, 2.24) is 15.3 Å². The highest BCUT2D eigenvalue weighted by Gasteiger charge is 2.48. The number of alkyl halides is 2. The summed E-state index contributed by atoms with van der Waals surface area (Å²) in [6.07, 6.45) is 4.76. The molecule has 12 heteroatoms. The van der Waals surface area contributed by atoms with Crippen molar-refractivity contribution in [1.29, 1.82) is 0 Å². The van der Waals surface area contributed by atoms with Crippen LogP contribution in [0.1, 0.15) is 41.6 Å². The Morgan fingerprint density at radius 3 is 2.76 bits per heavy atom. The SMILES string of the molecule is COc1cc(C(=O)NCc2ccsc2)ccc1Nc1ncc2c(n1)N(C1CCCC1)CC(F)(F)C(=O)N2C. The lowest BCUT2D eigenvalue weighted by Gasteiger charge is -2.31. The third kappa shape index (κ3) is 5.13. The van der Waals surface area contributed by atoms with Gasteiger partial charge in [-0.2, -0.15) is 25.1 Å². The Morgan fingerprint density at radius 1 is 1.26 bits per heavy atom. The summed E-state index contributed by atoms with van der Waals surface area (Å²) in [6.45, 7) is -0.316. The topological polar surface area (TPSA) is 99.7 Å². The normalized spacial score (nSPS) is 17.2. The molecule has 1 aliphatic carbocycles. The van der Waals surface area contributed by atoms with Crippen molar-refractivity contribution in [3.05, 3.63) is 52.3 Å². The van der Waals surface area contributed by atoms with Gasteiger partial charge in [0, 0.05) is 25.2 Å². The second-order valence-corrected chi connectivity index (χ2v) is 10.2. The molecule has 0 spiro atoms. The fourth-order valence-corrected chi connectivity index (χ4v) is 5.51. The van der Waals surface area contributed by atoms with Crippen molar-refractivity contribution in [3.63, 3.8) is 0 Å². The van der Waals surface area contributed by atoms with E-state index >= 15 is 0 Å². The summed E-state index contributed by atoms with van der Waals surface area (Å²) >= 11 is 1.56. The van der Waals surface area contributed by atoms with Crippen LogP contribution in [0.2, 0.25) is 0 Å². The predicted molar refractivity (Wildman–Crippen MR) is 142 cm³/mol. The number of hydrogen-bond donors (Lipinski definition) is 2. The maximum atomic E-state index is 14.8. The number of aromatic nitrogens is 2. The zero-order valence-electron chi connectivity index (χ0n) is 21.0. The number of thiophene rings is 1. The highest BCUT2D eigenvalue weighted by Crippen LogP contribution is 2.40. The predicted octanol–water partition coefficient (Wildman–Crippen LogP) is 4.58. The molecule has 1 aromatic carbocycles. The quantitative estimate of drug-likeness (QED) is 0.451. The lowest BCUT2D eigenvalue weighted by Crippen LogP contribution is -2.48. The standard InChI is InChI=1S/C26H28F2N6O3S/c1-33-20-13-30-25(32-22(20)34(18-5-3-4-6-18)15-26(27,28)24(33)36)31-19-8-7-17(11-21(19)37-2)23(35)29-12-16-9-10-38-14-16/h7-11,13-14,18H,3-6,12,15H2,1-2H3,(H,29,35)(H,30,31,32). The molecule has 2 amide bonds. The molecule has 2 aromatic heterocycles. The Hall–Kier alpha value is -3.80. The number of methoxy groups -OCH3 is 1. The largest absolute Gasteiger partial charge is 0.495 e. The van der Waals surface area contributed by atoms with Gasteiger partial charge in [-0.05, 0) is 53.4 Å². The van der Waals surface area contributed by atoms with Crippen LogP contribution in [0.25, 0.3) is 0 Å². The zero-order chi connectivity index (χ0) is 26.9. The molecule has 3 aromatic rings. The first-order chi connectivity index (χ1) is 18.3. The Kier molecular flexibility index (Phi) is 7.15. The molecule has 0 saturated heterocycles. The minimum atomic E-state index is -3.55. The highest BCUT2D eigenvalue weighted by atomic mass is 32.1. The van der Waals surface area contributed by atoms with E-state index in [0.717, 1.165) is 36.1 Å². The smallest absolute Gasteiger partial charge is 0.342 e. The molecular formula is C26H28F2N6O3S. The van der Waals surface area contributed by atoms with Gasteiger partial charge in [-0.1, -0.05) is 12.8 Å². The Balaban J connectivity index is 1.41. The number of ether oxygens (including phenoxy) is 1. The molecule has 2 N–H and O–H groups in total. The number of amides is 2. The molecule has 5 rings (SSSR count). The van der Waals surface area contributed by atoms with Crippen LogP contribution in [-0.4, -0.2) is 54.4 Å². The highest BCUT2D eigenvalue weighted by molar-refractivity contribution is 7.07. The molecule has 200 valence electrons. The van der Waals surface area contributed by atoms with Gasteiger partial charge in [0.2, 0.25) is 5.95 Å². The van der Waals surface area contributed by atoms with Gasteiger partial charge in [0.05, 0.1) is 25.5 Å². The van der Waals surface area contributed by atoms with E-state index in [2.05, 4.69) is 20.6 Å². The monoisotopic (exact) mass is 542 g/mol. The van der Waals surface area contributed by atoms with Gasteiger partial charge in [0.1, 0.15) is 11.4 Å². The first-order valence-electron chi connectivity index (χ1n) is 12.3. The third-order valence-electron chi connectivity index (χ3n) is 6.88. The Labute approximate surface area is 222 Å². The van der Waals surface area contributed by atoms with Crippen molar-refractivity contribution in [2.45, 2.75) is 44.2 Å². The number of nitrogens with zero attached hydrogens (tertiary/aromatic N) is 4. The number of benzene rings is 1. The number of carbonyl (C=O) groups excluding carboxylic acids is 2. The molecule has 3 heterocycles. The third-order valence-corrected chi connectivity index (χ3v) is 7.61.